The molecule has 84 valence electrons. The number of ether oxygens (including phenoxy) is 1. The van der Waals surface area contributed by atoms with Crippen LogP contribution in [0.4, 0.5) is 4.39 Å². The molecule has 1 unspecified atom stereocenters. The van der Waals surface area contributed by atoms with Gasteiger partial charge in [0.05, 0.1) is 6.61 Å². The van der Waals surface area contributed by atoms with Crippen LogP contribution in [-0.4, -0.2) is 20.2 Å². The monoisotopic (exact) mass is 275 g/mol. The van der Waals surface area contributed by atoms with E-state index in [2.05, 4.69) is 21.2 Å². The van der Waals surface area contributed by atoms with Gasteiger partial charge in [0.2, 0.25) is 0 Å². The summed E-state index contributed by atoms with van der Waals surface area (Å²) in [6.45, 7) is 3.42. The Morgan fingerprint density at radius 2 is 2.27 bits per heavy atom. The van der Waals surface area contributed by atoms with Gasteiger partial charge in [-0.2, -0.15) is 0 Å². The van der Waals surface area contributed by atoms with E-state index in [-0.39, 0.29) is 5.82 Å². The predicted molar refractivity (Wildman–Crippen MR) is 62.7 cm³/mol. The van der Waals surface area contributed by atoms with Gasteiger partial charge in [-0.1, -0.05) is 22.9 Å². The summed E-state index contributed by atoms with van der Waals surface area (Å²) in [5.41, 5.74) is 0. The van der Waals surface area contributed by atoms with Crippen molar-refractivity contribution in [1.29, 1.82) is 0 Å². The highest BCUT2D eigenvalue weighted by Gasteiger charge is 2.06. The molecule has 0 aliphatic carbocycles. The normalized spacial score (nSPS) is 12.5. The summed E-state index contributed by atoms with van der Waals surface area (Å²) in [6.07, 6.45) is 0. The molecule has 0 spiro atoms. The number of hydrogen-bond donors (Lipinski definition) is 1. The molecule has 1 rings (SSSR count). The van der Waals surface area contributed by atoms with Crippen LogP contribution in [0.1, 0.15) is 6.92 Å². The van der Waals surface area contributed by atoms with Crippen molar-refractivity contribution in [3.63, 3.8) is 0 Å². The Kier molecular flexibility index (Phi) is 5.05. The largest absolute Gasteiger partial charge is 0.490 e. The predicted octanol–water partition coefficient (Wildman–Crippen LogP) is 2.82. The van der Waals surface area contributed by atoms with Crippen molar-refractivity contribution >= 4 is 15.9 Å². The van der Waals surface area contributed by atoms with Crippen LogP contribution in [0.5, 0.6) is 5.75 Å². The third-order valence-electron chi connectivity index (χ3n) is 1.97. The zero-order valence-corrected chi connectivity index (χ0v) is 10.5. The van der Waals surface area contributed by atoms with Crippen molar-refractivity contribution in [2.24, 2.45) is 5.92 Å². The van der Waals surface area contributed by atoms with Gasteiger partial charge in [0.25, 0.3) is 0 Å². The lowest BCUT2D eigenvalue weighted by Crippen LogP contribution is -2.21. The van der Waals surface area contributed by atoms with Gasteiger partial charge >= 0.3 is 0 Å². The number of benzene rings is 1. The zero-order valence-electron chi connectivity index (χ0n) is 8.89. The third kappa shape index (κ3) is 4.18. The molecule has 0 saturated carbocycles. The lowest BCUT2D eigenvalue weighted by atomic mass is 10.2. The summed E-state index contributed by atoms with van der Waals surface area (Å²) < 4.78 is 19.4. The van der Waals surface area contributed by atoms with E-state index in [1.54, 1.807) is 12.1 Å². The lowest BCUT2D eigenvalue weighted by Gasteiger charge is -2.12. The average molecular weight is 276 g/mol. The Morgan fingerprint density at radius 3 is 2.87 bits per heavy atom. The van der Waals surface area contributed by atoms with Crippen LogP contribution in [0, 0.1) is 11.7 Å². The van der Waals surface area contributed by atoms with Gasteiger partial charge in [-0.25, -0.2) is 4.39 Å². The van der Waals surface area contributed by atoms with E-state index < -0.39 is 0 Å². The Labute approximate surface area is 98.0 Å². The Hall–Kier alpha value is -0.610. The quantitative estimate of drug-likeness (QED) is 0.893. The molecule has 1 aromatic carbocycles. The van der Waals surface area contributed by atoms with Gasteiger partial charge in [0, 0.05) is 16.9 Å². The van der Waals surface area contributed by atoms with Gasteiger partial charge < -0.3 is 10.1 Å². The number of hydrogen-bond acceptors (Lipinski definition) is 2. The first-order valence-electron chi connectivity index (χ1n) is 4.86. The minimum atomic E-state index is -0.332. The fraction of sp³-hybridized carbons (Fsp3) is 0.455. The fourth-order valence-corrected chi connectivity index (χ4v) is 1.56. The molecule has 1 atom stereocenters. The van der Waals surface area contributed by atoms with Gasteiger partial charge in [-0.15, -0.1) is 0 Å². The topological polar surface area (TPSA) is 21.3 Å². The minimum absolute atomic E-state index is 0.307. The molecule has 0 bridgehead atoms. The molecule has 0 aliphatic heterocycles. The Morgan fingerprint density at radius 1 is 1.53 bits per heavy atom. The van der Waals surface area contributed by atoms with E-state index in [1.165, 1.54) is 6.07 Å². The van der Waals surface area contributed by atoms with Crippen LogP contribution < -0.4 is 10.1 Å². The van der Waals surface area contributed by atoms with Crippen LogP contribution in [0.25, 0.3) is 0 Å². The molecule has 15 heavy (non-hydrogen) atoms. The summed E-state index contributed by atoms with van der Waals surface area (Å²) in [5, 5.41) is 3.05. The van der Waals surface area contributed by atoms with Crippen molar-refractivity contribution in [3.05, 3.63) is 28.5 Å². The van der Waals surface area contributed by atoms with Gasteiger partial charge in [0.15, 0.2) is 11.6 Å². The SMILES string of the molecule is CNCC(C)COc1ccc(Br)cc1F. The first kappa shape index (κ1) is 12.5. The van der Waals surface area contributed by atoms with Crippen molar-refractivity contribution in [2.45, 2.75) is 6.92 Å². The number of halogens is 2. The maximum Gasteiger partial charge on any atom is 0.166 e. The smallest absolute Gasteiger partial charge is 0.166 e. The number of rotatable bonds is 5. The summed E-state index contributed by atoms with van der Waals surface area (Å²) in [4.78, 5) is 0. The lowest BCUT2D eigenvalue weighted by molar-refractivity contribution is 0.247. The average Bonchev–Trinajstić information content (AvgIpc) is 2.17. The molecular weight excluding hydrogens is 261 g/mol. The first-order valence-corrected chi connectivity index (χ1v) is 5.65. The molecule has 1 aromatic rings. The van der Waals surface area contributed by atoms with E-state index >= 15 is 0 Å². The molecule has 2 nitrogen and oxygen atoms in total. The molecular formula is C11H15BrFNO. The van der Waals surface area contributed by atoms with Gasteiger partial charge in [-0.3, -0.25) is 0 Å². The van der Waals surface area contributed by atoms with E-state index in [1.807, 2.05) is 14.0 Å². The van der Waals surface area contributed by atoms with E-state index in [9.17, 15) is 4.39 Å². The Bertz CT molecular complexity index is 319. The molecule has 0 aliphatic rings. The van der Waals surface area contributed by atoms with Gasteiger partial charge in [-0.05, 0) is 25.2 Å². The second-order valence-electron chi connectivity index (χ2n) is 3.55. The first-order chi connectivity index (χ1) is 7.13. The van der Waals surface area contributed by atoms with Crippen molar-refractivity contribution in [2.75, 3.05) is 20.2 Å². The highest BCUT2D eigenvalue weighted by Crippen LogP contribution is 2.21. The molecule has 0 amide bonds. The summed E-state index contributed by atoms with van der Waals surface area (Å²) in [6, 6.07) is 4.80. The van der Waals surface area contributed by atoms with Gasteiger partial charge in [0.1, 0.15) is 0 Å². The molecule has 0 aromatic heterocycles. The molecule has 0 fully saturated rings. The third-order valence-corrected chi connectivity index (χ3v) is 2.46. The van der Waals surface area contributed by atoms with Crippen LogP contribution in [0.15, 0.2) is 22.7 Å². The highest BCUT2D eigenvalue weighted by atomic mass is 79.9. The second-order valence-corrected chi connectivity index (χ2v) is 4.46. The molecule has 0 saturated heterocycles. The molecule has 0 radical (unpaired) electrons. The van der Waals surface area contributed by atoms with E-state index in [0.29, 0.717) is 18.3 Å². The summed E-state index contributed by atoms with van der Waals surface area (Å²) in [7, 11) is 1.89. The second kappa shape index (κ2) is 6.08. The molecule has 0 heterocycles. The molecule has 4 heteroatoms. The summed E-state index contributed by atoms with van der Waals surface area (Å²) >= 11 is 3.20. The highest BCUT2D eigenvalue weighted by molar-refractivity contribution is 9.10. The standard InChI is InChI=1S/C11H15BrFNO/c1-8(6-14-2)7-15-11-4-3-9(12)5-10(11)13/h3-5,8,14H,6-7H2,1-2H3. The van der Waals surface area contributed by atoms with E-state index in [4.69, 9.17) is 4.74 Å². The van der Waals surface area contributed by atoms with Crippen molar-refractivity contribution in [3.8, 4) is 5.75 Å². The van der Waals surface area contributed by atoms with Crippen molar-refractivity contribution in [1.82, 2.24) is 5.32 Å². The fourth-order valence-electron chi connectivity index (χ4n) is 1.23. The maximum atomic E-state index is 13.3. The van der Waals surface area contributed by atoms with Crippen LogP contribution in [0.2, 0.25) is 0 Å². The zero-order chi connectivity index (χ0) is 11.3. The molecule has 1 N–H and O–H groups in total. The van der Waals surface area contributed by atoms with Crippen molar-refractivity contribution < 1.29 is 9.13 Å². The van der Waals surface area contributed by atoms with E-state index in [0.717, 1.165) is 11.0 Å². The maximum absolute atomic E-state index is 13.3. The van der Waals surface area contributed by atoms with Crippen LogP contribution in [-0.2, 0) is 0 Å². The summed E-state index contributed by atoms with van der Waals surface area (Å²) in [5.74, 6) is 0.334. The minimum Gasteiger partial charge on any atom is -0.490 e. The number of nitrogens with one attached hydrogen (secondary N) is 1. The van der Waals surface area contributed by atoms with Crippen LogP contribution >= 0.6 is 15.9 Å². The van der Waals surface area contributed by atoms with Crippen LogP contribution in [0.3, 0.4) is 0 Å². The Balaban J connectivity index is 2.50.